The smallest absolute Gasteiger partial charge is 0.226 e. The Balaban J connectivity index is 1.53. The van der Waals surface area contributed by atoms with E-state index in [0.29, 0.717) is 6.42 Å². The summed E-state index contributed by atoms with van der Waals surface area (Å²) in [5, 5.41) is 3.06. The van der Waals surface area contributed by atoms with E-state index in [1.54, 1.807) is 0 Å². The average molecular weight is 343 g/mol. The Morgan fingerprint density at radius 3 is 2.50 bits per heavy atom. The maximum Gasteiger partial charge on any atom is 0.226 e. The molecule has 1 aliphatic carbocycles. The average Bonchev–Trinajstić information content (AvgIpc) is 3.08. The number of alkyl halides is 2. The number of amides is 1. The fourth-order valence-electron chi connectivity index (χ4n) is 2.91. The Morgan fingerprint density at radius 1 is 1.32 bits per heavy atom. The molecule has 2 aliphatic rings. The summed E-state index contributed by atoms with van der Waals surface area (Å²) in [6.07, 6.45) is 2.36. The van der Waals surface area contributed by atoms with Gasteiger partial charge in [-0.1, -0.05) is 0 Å². The Labute approximate surface area is 140 Å². The third-order valence-electron chi connectivity index (χ3n) is 4.26. The molecular formula is C15H20Cl2N4O. The number of piperidine rings is 1. The van der Waals surface area contributed by atoms with Gasteiger partial charge >= 0.3 is 0 Å². The van der Waals surface area contributed by atoms with E-state index in [-0.39, 0.29) is 17.9 Å². The van der Waals surface area contributed by atoms with E-state index in [4.69, 9.17) is 23.2 Å². The molecule has 1 N–H and O–H groups in total. The number of nitrogens with one attached hydrogen (secondary N) is 1. The first-order chi connectivity index (χ1) is 10.3. The minimum Gasteiger partial charge on any atom is -0.356 e. The van der Waals surface area contributed by atoms with Gasteiger partial charge in [0.15, 0.2) is 0 Å². The number of aryl methyl sites for hydroxylation is 2. The van der Waals surface area contributed by atoms with E-state index in [1.807, 2.05) is 19.9 Å². The van der Waals surface area contributed by atoms with Gasteiger partial charge in [0.25, 0.3) is 0 Å². The van der Waals surface area contributed by atoms with Crippen LogP contribution in [-0.2, 0) is 4.79 Å². The minimum atomic E-state index is -0.846. The lowest BCUT2D eigenvalue weighted by molar-refractivity contribution is -0.123. The van der Waals surface area contributed by atoms with Crippen LogP contribution in [0.3, 0.4) is 0 Å². The van der Waals surface area contributed by atoms with E-state index in [1.165, 1.54) is 0 Å². The SMILES string of the molecule is Cc1cc(N2CCC(NC(=O)[C@@H]3CC3(Cl)Cl)CC2)nc(C)n1. The molecule has 0 aromatic carbocycles. The molecule has 1 atom stereocenters. The summed E-state index contributed by atoms with van der Waals surface area (Å²) in [5.41, 5.74) is 0.979. The van der Waals surface area contributed by atoms with E-state index in [9.17, 15) is 4.79 Å². The molecule has 1 saturated carbocycles. The fourth-order valence-corrected chi connectivity index (χ4v) is 3.42. The summed E-state index contributed by atoms with van der Waals surface area (Å²) in [5.74, 6) is 1.50. The number of halogens is 2. The molecule has 0 radical (unpaired) electrons. The molecule has 0 unspecified atom stereocenters. The van der Waals surface area contributed by atoms with Crippen LogP contribution in [0.1, 0.15) is 30.8 Å². The second kappa shape index (κ2) is 5.85. The van der Waals surface area contributed by atoms with Gasteiger partial charge in [-0.05, 0) is 33.1 Å². The first-order valence-electron chi connectivity index (χ1n) is 7.60. The monoisotopic (exact) mass is 342 g/mol. The van der Waals surface area contributed by atoms with Gasteiger partial charge in [0, 0.05) is 30.9 Å². The molecule has 1 saturated heterocycles. The molecule has 1 aromatic heterocycles. The number of rotatable bonds is 3. The molecule has 22 heavy (non-hydrogen) atoms. The van der Waals surface area contributed by atoms with Gasteiger partial charge in [0.05, 0.1) is 5.92 Å². The Hall–Kier alpha value is -1.07. The molecule has 1 aromatic rings. The fraction of sp³-hybridized carbons (Fsp3) is 0.667. The molecular weight excluding hydrogens is 323 g/mol. The molecule has 1 aliphatic heterocycles. The quantitative estimate of drug-likeness (QED) is 0.856. The Morgan fingerprint density at radius 2 is 1.95 bits per heavy atom. The molecule has 2 fully saturated rings. The molecule has 7 heteroatoms. The lowest BCUT2D eigenvalue weighted by atomic mass is 10.0. The molecule has 3 rings (SSSR count). The van der Waals surface area contributed by atoms with Crippen molar-refractivity contribution in [3.63, 3.8) is 0 Å². The lowest BCUT2D eigenvalue weighted by Crippen LogP contribution is -2.45. The third kappa shape index (κ3) is 3.46. The van der Waals surface area contributed by atoms with Gasteiger partial charge in [-0.2, -0.15) is 0 Å². The topological polar surface area (TPSA) is 58.1 Å². The largest absolute Gasteiger partial charge is 0.356 e. The molecule has 0 spiro atoms. The number of anilines is 1. The second-order valence-corrected chi connectivity index (χ2v) is 7.74. The van der Waals surface area contributed by atoms with Gasteiger partial charge in [-0.25, -0.2) is 9.97 Å². The zero-order chi connectivity index (χ0) is 15.9. The number of carbonyl (C=O) groups excluding carboxylic acids is 1. The zero-order valence-electron chi connectivity index (χ0n) is 12.8. The predicted molar refractivity (Wildman–Crippen MR) is 87.4 cm³/mol. The number of carbonyl (C=O) groups is 1. The van der Waals surface area contributed by atoms with Crippen LogP contribution in [0.5, 0.6) is 0 Å². The highest BCUT2D eigenvalue weighted by Crippen LogP contribution is 2.53. The van der Waals surface area contributed by atoms with E-state index >= 15 is 0 Å². The lowest BCUT2D eigenvalue weighted by Gasteiger charge is -2.33. The van der Waals surface area contributed by atoms with Crippen LogP contribution in [0.4, 0.5) is 5.82 Å². The van der Waals surface area contributed by atoms with Crippen molar-refractivity contribution in [2.75, 3.05) is 18.0 Å². The van der Waals surface area contributed by atoms with E-state index in [2.05, 4.69) is 20.2 Å². The van der Waals surface area contributed by atoms with Crippen LogP contribution in [-0.4, -0.2) is 39.3 Å². The van der Waals surface area contributed by atoms with Crippen LogP contribution in [0.2, 0.25) is 0 Å². The Bertz CT molecular complexity index is 565. The number of hydrogen-bond acceptors (Lipinski definition) is 4. The number of hydrogen-bond donors (Lipinski definition) is 1. The zero-order valence-corrected chi connectivity index (χ0v) is 14.3. The number of aromatic nitrogens is 2. The summed E-state index contributed by atoms with van der Waals surface area (Å²) in [4.78, 5) is 23.1. The van der Waals surface area contributed by atoms with Crippen molar-refractivity contribution >= 4 is 34.9 Å². The van der Waals surface area contributed by atoms with Crippen molar-refractivity contribution < 1.29 is 4.79 Å². The van der Waals surface area contributed by atoms with E-state index < -0.39 is 4.33 Å². The predicted octanol–water partition coefficient (Wildman–Crippen LogP) is 2.37. The molecule has 0 bridgehead atoms. The van der Waals surface area contributed by atoms with Crippen LogP contribution < -0.4 is 10.2 Å². The third-order valence-corrected chi connectivity index (χ3v) is 5.10. The summed E-state index contributed by atoms with van der Waals surface area (Å²) < 4.78 is -0.846. The van der Waals surface area contributed by atoms with Gasteiger partial charge in [-0.15, -0.1) is 23.2 Å². The van der Waals surface area contributed by atoms with Gasteiger partial charge in [0.1, 0.15) is 16.0 Å². The maximum atomic E-state index is 12.0. The molecule has 2 heterocycles. The highest BCUT2D eigenvalue weighted by molar-refractivity contribution is 6.52. The first-order valence-corrected chi connectivity index (χ1v) is 8.36. The Kier molecular flexibility index (Phi) is 4.21. The normalized spacial score (nSPS) is 24.2. The summed E-state index contributed by atoms with van der Waals surface area (Å²) in [6, 6.07) is 2.20. The molecule has 1 amide bonds. The van der Waals surface area contributed by atoms with Crippen molar-refractivity contribution in [2.24, 2.45) is 5.92 Å². The van der Waals surface area contributed by atoms with Crippen molar-refractivity contribution in [1.29, 1.82) is 0 Å². The van der Waals surface area contributed by atoms with Crippen molar-refractivity contribution in [2.45, 2.75) is 43.5 Å². The highest BCUT2D eigenvalue weighted by Gasteiger charge is 2.56. The molecule has 120 valence electrons. The van der Waals surface area contributed by atoms with Crippen molar-refractivity contribution in [3.8, 4) is 0 Å². The first kappa shape index (κ1) is 15.8. The summed E-state index contributed by atoms with van der Waals surface area (Å²) in [7, 11) is 0. The summed E-state index contributed by atoms with van der Waals surface area (Å²) in [6.45, 7) is 5.63. The van der Waals surface area contributed by atoms with Gasteiger partial charge < -0.3 is 10.2 Å². The minimum absolute atomic E-state index is 0.0165. The molecule has 5 nitrogen and oxygen atoms in total. The number of nitrogens with zero attached hydrogens (tertiary/aromatic N) is 3. The van der Waals surface area contributed by atoms with Gasteiger partial charge in [0.2, 0.25) is 5.91 Å². The summed E-state index contributed by atoms with van der Waals surface area (Å²) >= 11 is 11.9. The van der Waals surface area contributed by atoms with Gasteiger partial charge in [-0.3, -0.25) is 4.79 Å². The van der Waals surface area contributed by atoms with E-state index in [0.717, 1.165) is 43.3 Å². The van der Waals surface area contributed by atoms with Crippen molar-refractivity contribution in [1.82, 2.24) is 15.3 Å². The second-order valence-electron chi connectivity index (χ2n) is 6.20. The van der Waals surface area contributed by atoms with Crippen molar-refractivity contribution in [3.05, 3.63) is 17.6 Å². The maximum absolute atomic E-state index is 12.0. The standard InChI is InChI=1S/C15H20Cl2N4O/c1-9-7-13(19-10(2)18-9)21-5-3-11(4-6-21)20-14(22)12-8-15(12,16)17/h7,11-12H,3-6,8H2,1-2H3,(H,20,22)/t12-/m0/s1. The van der Waals surface area contributed by atoms with Crippen LogP contribution in [0.15, 0.2) is 6.07 Å². The van der Waals surface area contributed by atoms with Crippen LogP contribution in [0, 0.1) is 19.8 Å². The van der Waals surface area contributed by atoms with Crippen LogP contribution in [0.25, 0.3) is 0 Å². The van der Waals surface area contributed by atoms with Crippen LogP contribution >= 0.6 is 23.2 Å². The highest BCUT2D eigenvalue weighted by atomic mass is 35.5.